The molecule has 1 saturated heterocycles. The van der Waals surface area contributed by atoms with Crippen LogP contribution in [0.3, 0.4) is 0 Å². The number of carbonyl (C=O) groups is 3. The first kappa shape index (κ1) is 20.3. The number of nitrogens with one attached hydrogen (secondary N) is 1. The molecule has 29 heavy (non-hydrogen) atoms. The van der Waals surface area contributed by atoms with Gasteiger partial charge in [-0.15, -0.1) is 0 Å². The van der Waals surface area contributed by atoms with E-state index >= 15 is 0 Å². The summed E-state index contributed by atoms with van der Waals surface area (Å²) >= 11 is 0. The van der Waals surface area contributed by atoms with Crippen molar-refractivity contribution in [3.63, 3.8) is 0 Å². The van der Waals surface area contributed by atoms with Gasteiger partial charge in [-0.25, -0.2) is 13.6 Å². The van der Waals surface area contributed by atoms with E-state index < -0.39 is 48.1 Å². The van der Waals surface area contributed by atoms with Crippen LogP contribution in [0.4, 0.5) is 22.4 Å². The SMILES string of the molecule is CC1(c2ccc(F)c(F)c2)NC(=O)N(CC(=O)c2ccc(OC(F)F)cc2)C1=O. The van der Waals surface area contributed by atoms with E-state index in [0.29, 0.717) is 4.90 Å². The molecule has 10 heteroatoms. The number of urea groups is 1. The third-order valence-electron chi connectivity index (χ3n) is 4.48. The highest BCUT2D eigenvalue weighted by Gasteiger charge is 2.49. The largest absolute Gasteiger partial charge is 0.435 e. The lowest BCUT2D eigenvalue weighted by molar-refractivity contribution is -0.130. The van der Waals surface area contributed by atoms with Crippen molar-refractivity contribution in [2.24, 2.45) is 0 Å². The molecular formula is C19H14F4N2O4. The summed E-state index contributed by atoms with van der Waals surface area (Å²) in [7, 11) is 0. The van der Waals surface area contributed by atoms with Crippen LogP contribution in [0.5, 0.6) is 5.75 Å². The van der Waals surface area contributed by atoms with Crippen molar-refractivity contribution >= 4 is 17.7 Å². The van der Waals surface area contributed by atoms with Crippen molar-refractivity contribution in [3.05, 3.63) is 65.2 Å². The maximum absolute atomic E-state index is 13.5. The first-order valence-corrected chi connectivity index (χ1v) is 8.29. The normalized spacial score (nSPS) is 18.9. The van der Waals surface area contributed by atoms with E-state index in [-0.39, 0.29) is 16.9 Å². The number of amides is 3. The molecule has 152 valence electrons. The van der Waals surface area contributed by atoms with Gasteiger partial charge in [0.25, 0.3) is 5.91 Å². The van der Waals surface area contributed by atoms with E-state index in [2.05, 4.69) is 10.1 Å². The zero-order valence-corrected chi connectivity index (χ0v) is 14.9. The Balaban J connectivity index is 1.77. The van der Waals surface area contributed by atoms with Crippen molar-refractivity contribution in [1.29, 1.82) is 0 Å². The van der Waals surface area contributed by atoms with Gasteiger partial charge in [-0.1, -0.05) is 6.07 Å². The maximum atomic E-state index is 13.5. The second-order valence-corrected chi connectivity index (χ2v) is 6.40. The Kier molecular flexibility index (Phi) is 5.27. The quantitative estimate of drug-likeness (QED) is 0.451. The van der Waals surface area contributed by atoms with Crippen LogP contribution >= 0.6 is 0 Å². The second-order valence-electron chi connectivity index (χ2n) is 6.40. The molecule has 1 heterocycles. The van der Waals surface area contributed by atoms with E-state index in [1.54, 1.807) is 0 Å². The van der Waals surface area contributed by atoms with Crippen LogP contribution in [-0.4, -0.2) is 35.8 Å². The van der Waals surface area contributed by atoms with Gasteiger partial charge in [-0.05, 0) is 48.9 Å². The molecule has 1 unspecified atom stereocenters. The molecule has 1 fully saturated rings. The van der Waals surface area contributed by atoms with Gasteiger partial charge in [0, 0.05) is 5.56 Å². The minimum atomic E-state index is -3.02. The van der Waals surface area contributed by atoms with Gasteiger partial charge in [0.1, 0.15) is 11.3 Å². The molecule has 1 N–H and O–H groups in total. The zero-order chi connectivity index (χ0) is 21.3. The van der Waals surface area contributed by atoms with Crippen LogP contribution < -0.4 is 10.1 Å². The van der Waals surface area contributed by atoms with E-state index in [1.165, 1.54) is 19.1 Å². The third kappa shape index (κ3) is 3.91. The summed E-state index contributed by atoms with van der Waals surface area (Å²) in [6.07, 6.45) is 0. The summed E-state index contributed by atoms with van der Waals surface area (Å²) in [6.45, 7) is -2.34. The number of alkyl halides is 2. The molecule has 3 rings (SSSR count). The molecule has 0 saturated carbocycles. The van der Waals surface area contributed by atoms with E-state index in [4.69, 9.17) is 0 Å². The third-order valence-corrected chi connectivity index (χ3v) is 4.48. The van der Waals surface area contributed by atoms with Gasteiger partial charge < -0.3 is 10.1 Å². The second kappa shape index (κ2) is 7.53. The molecule has 0 spiro atoms. The number of hydrogen-bond donors (Lipinski definition) is 1. The van der Waals surface area contributed by atoms with Gasteiger partial charge in [0.05, 0.1) is 6.54 Å². The molecule has 1 aliphatic heterocycles. The van der Waals surface area contributed by atoms with Gasteiger partial charge in [0.15, 0.2) is 17.4 Å². The smallest absolute Gasteiger partial charge is 0.387 e. The molecule has 3 amide bonds. The van der Waals surface area contributed by atoms with Crippen molar-refractivity contribution in [2.75, 3.05) is 6.54 Å². The number of rotatable bonds is 6. The van der Waals surface area contributed by atoms with Gasteiger partial charge in [-0.2, -0.15) is 8.78 Å². The maximum Gasteiger partial charge on any atom is 0.387 e. The van der Waals surface area contributed by atoms with Crippen molar-refractivity contribution in [2.45, 2.75) is 19.1 Å². The monoisotopic (exact) mass is 410 g/mol. The Bertz CT molecular complexity index is 981. The summed E-state index contributed by atoms with van der Waals surface area (Å²) in [4.78, 5) is 38.0. The predicted octanol–water partition coefficient (Wildman–Crippen LogP) is 3.22. The van der Waals surface area contributed by atoms with Crippen LogP contribution in [0, 0.1) is 11.6 Å². The van der Waals surface area contributed by atoms with Crippen molar-refractivity contribution in [3.8, 4) is 5.75 Å². The van der Waals surface area contributed by atoms with E-state index in [1.807, 2.05) is 0 Å². The number of imide groups is 1. The summed E-state index contributed by atoms with van der Waals surface area (Å²) in [5.74, 6) is -3.91. The number of nitrogens with zero attached hydrogens (tertiary/aromatic N) is 1. The lowest BCUT2D eigenvalue weighted by Gasteiger charge is -2.22. The first-order chi connectivity index (χ1) is 13.6. The molecular weight excluding hydrogens is 396 g/mol. The topological polar surface area (TPSA) is 75.7 Å². The highest BCUT2D eigenvalue weighted by Crippen LogP contribution is 2.30. The fraction of sp³-hybridized carbons (Fsp3) is 0.211. The number of hydrogen-bond acceptors (Lipinski definition) is 4. The zero-order valence-electron chi connectivity index (χ0n) is 14.9. The van der Waals surface area contributed by atoms with Crippen LogP contribution in [-0.2, 0) is 10.3 Å². The fourth-order valence-electron chi connectivity index (χ4n) is 2.90. The van der Waals surface area contributed by atoms with Crippen LogP contribution in [0.15, 0.2) is 42.5 Å². The number of carbonyl (C=O) groups excluding carboxylic acids is 3. The lowest BCUT2D eigenvalue weighted by atomic mass is 9.92. The summed E-state index contributed by atoms with van der Waals surface area (Å²) < 4.78 is 55.2. The summed E-state index contributed by atoms with van der Waals surface area (Å²) in [6, 6.07) is 6.62. The minimum absolute atomic E-state index is 0.0122. The van der Waals surface area contributed by atoms with Gasteiger partial charge >= 0.3 is 12.6 Å². The highest BCUT2D eigenvalue weighted by molar-refractivity contribution is 6.11. The Hall–Kier alpha value is -3.43. The Morgan fingerprint density at radius 1 is 1.10 bits per heavy atom. The standard InChI is InChI=1S/C19H14F4N2O4/c1-19(11-4-7-13(20)14(21)8-11)16(27)25(18(28)24-19)9-15(26)10-2-5-12(6-3-10)29-17(22)23/h2-8,17H,9H2,1H3,(H,24,28). The van der Waals surface area contributed by atoms with Gasteiger partial charge in [-0.3, -0.25) is 14.5 Å². The lowest BCUT2D eigenvalue weighted by Crippen LogP contribution is -2.41. The van der Waals surface area contributed by atoms with Crippen LogP contribution in [0.1, 0.15) is 22.8 Å². The minimum Gasteiger partial charge on any atom is -0.435 e. The highest BCUT2D eigenvalue weighted by atomic mass is 19.3. The van der Waals surface area contributed by atoms with Crippen LogP contribution in [0.2, 0.25) is 0 Å². The molecule has 0 radical (unpaired) electrons. The van der Waals surface area contributed by atoms with Crippen molar-refractivity contribution in [1.82, 2.24) is 10.2 Å². The van der Waals surface area contributed by atoms with E-state index in [0.717, 1.165) is 30.3 Å². The van der Waals surface area contributed by atoms with Gasteiger partial charge in [0.2, 0.25) is 0 Å². The number of halogens is 4. The molecule has 2 aromatic rings. The van der Waals surface area contributed by atoms with Crippen molar-refractivity contribution < 1.29 is 36.7 Å². The molecule has 6 nitrogen and oxygen atoms in total. The number of ketones is 1. The summed E-state index contributed by atoms with van der Waals surface area (Å²) in [5, 5.41) is 2.37. The Morgan fingerprint density at radius 3 is 2.34 bits per heavy atom. The van der Waals surface area contributed by atoms with Crippen LogP contribution in [0.25, 0.3) is 0 Å². The number of Topliss-reactive ketones (excluding diaryl/α,β-unsaturated/α-hetero) is 1. The molecule has 0 bridgehead atoms. The average Bonchev–Trinajstić information content (AvgIpc) is 2.88. The Labute approximate surface area is 162 Å². The first-order valence-electron chi connectivity index (χ1n) is 8.29. The summed E-state index contributed by atoms with van der Waals surface area (Å²) in [5.41, 5.74) is -1.60. The molecule has 0 aromatic heterocycles. The molecule has 2 aromatic carbocycles. The van der Waals surface area contributed by atoms with E-state index in [9.17, 15) is 31.9 Å². The fourth-order valence-corrected chi connectivity index (χ4v) is 2.90. The molecule has 0 aliphatic carbocycles. The Morgan fingerprint density at radius 2 is 1.76 bits per heavy atom. The predicted molar refractivity (Wildman–Crippen MR) is 91.4 cm³/mol. The molecule has 1 aliphatic rings. The number of ether oxygens (including phenoxy) is 1. The number of benzene rings is 2. The molecule has 1 atom stereocenters. The average molecular weight is 410 g/mol.